The van der Waals surface area contributed by atoms with Crippen molar-refractivity contribution in [3.05, 3.63) is 29.8 Å². The van der Waals surface area contributed by atoms with Crippen molar-refractivity contribution < 1.29 is 13.2 Å². The van der Waals surface area contributed by atoms with E-state index in [2.05, 4.69) is 10.5 Å². The number of sulfone groups is 1. The Morgan fingerprint density at radius 2 is 1.82 bits per heavy atom. The molecule has 0 unspecified atom stereocenters. The van der Waals surface area contributed by atoms with E-state index >= 15 is 0 Å². The Bertz CT molecular complexity index is 547. The summed E-state index contributed by atoms with van der Waals surface area (Å²) in [4.78, 5) is 10.7. The van der Waals surface area contributed by atoms with E-state index in [1.54, 1.807) is 19.1 Å². The molecule has 17 heavy (non-hydrogen) atoms. The lowest BCUT2D eigenvalue weighted by Crippen LogP contribution is -2.25. The minimum atomic E-state index is -3.20. The van der Waals surface area contributed by atoms with E-state index in [1.165, 1.54) is 12.1 Å². The predicted octanol–water partition coefficient (Wildman–Crippen LogP) is 0.482. The van der Waals surface area contributed by atoms with Gasteiger partial charge in [0.2, 0.25) is 0 Å². The Morgan fingerprint density at radius 1 is 1.29 bits per heavy atom. The molecule has 0 saturated carbocycles. The first-order valence-electron chi connectivity index (χ1n) is 4.71. The summed E-state index contributed by atoms with van der Waals surface area (Å²) in [6.45, 7) is 1.67. The number of nitrogens with two attached hydrogens (primary N) is 1. The Morgan fingerprint density at radius 3 is 2.24 bits per heavy atom. The number of carbonyl (C=O) groups is 1. The molecule has 0 spiro atoms. The topological polar surface area (TPSA) is 102 Å². The molecular formula is C10H13N3O3S. The number of hydrogen-bond acceptors (Lipinski definition) is 4. The number of carbonyl (C=O) groups excluding carboxylic acids is 1. The lowest BCUT2D eigenvalue weighted by molar-refractivity contribution is 0.249. The van der Waals surface area contributed by atoms with Gasteiger partial charge in [0.1, 0.15) is 0 Å². The molecule has 0 heterocycles. The zero-order valence-corrected chi connectivity index (χ0v) is 10.3. The lowest BCUT2D eigenvalue weighted by atomic mass is 10.1. The van der Waals surface area contributed by atoms with E-state index in [-0.39, 0.29) is 4.90 Å². The van der Waals surface area contributed by atoms with Crippen LogP contribution in [0.5, 0.6) is 0 Å². The van der Waals surface area contributed by atoms with Crippen LogP contribution in [0.25, 0.3) is 0 Å². The number of nitrogens with one attached hydrogen (secondary N) is 1. The van der Waals surface area contributed by atoms with Crippen LogP contribution >= 0.6 is 0 Å². The van der Waals surface area contributed by atoms with Gasteiger partial charge in [-0.05, 0) is 24.6 Å². The molecule has 0 fully saturated rings. The maximum atomic E-state index is 11.2. The number of benzene rings is 1. The van der Waals surface area contributed by atoms with E-state index in [0.29, 0.717) is 11.3 Å². The first-order chi connectivity index (χ1) is 7.80. The largest absolute Gasteiger partial charge is 0.350 e. The highest BCUT2D eigenvalue weighted by molar-refractivity contribution is 7.90. The van der Waals surface area contributed by atoms with Gasteiger partial charge in [-0.25, -0.2) is 18.6 Å². The van der Waals surface area contributed by atoms with Crippen molar-refractivity contribution in [2.75, 3.05) is 6.26 Å². The zero-order valence-electron chi connectivity index (χ0n) is 9.47. The van der Waals surface area contributed by atoms with E-state index in [0.717, 1.165) is 6.26 Å². The maximum Gasteiger partial charge on any atom is 0.332 e. The number of hydrazone groups is 1. The molecule has 0 aliphatic heterocycles. The van der Waals surface area contributed by atoms with Crippen LogP contribution in [-0.4, -0.2) is 26.4 Å². The Labute approximate surface area is 99.4 Å². The van der Waals surface area contributed by atoms with Gasteiger partial charge in [-0.3, -0.25) is 0 Å². The van der Waals surface area contributed by atoms with Crippen molar-refractivity contribution >= 4 is 21.6 Å². The van der Waals surface area contributed by atoms with Crippen molar-refractivity contribution in [3.63, 3.8) is 0 Å². The molecule has 0 aliphatic rings. The minimum absolute atomic E-state index is 0.233. The quantitative estimate of drug-likeness (QED) is 0.606. The molecule has 0 aliphatic carbocycles. The van der Waals surface area contributed by atoms with Gasteiger partial charge in [0.25, 0.3) is 0 Å². The molecule has 0 saturated heterocycles. The predicted molar refractivity (Wildman–Crippen MR) is 64.5 cm³/mol. The molecule has 6 nitrogen and oxygen atoms in total. The van der Waals surface area contributed by atoms with Crippen molar-refractivity contribution in [2.45, 2.75) is 11.8 Å². The monoisotopic (exact) mass is 255 g/mol. The lowest BCUT2D eigenvalue weighted by Gasteiger charge is -2.02. The third-order valence-corrected chi connectivity index (χ3v) is 3.16. The Hall–Kier alpha value is -1.89. The van der Waals surface area contributed by atoms with E-state index < -0.39 is 15.9 Å². The molecule has 2 amide bonds. The summed E-state index contributed by atoms with van der Waals surface area (Å²) < 4.78 is 22.5. The number of primary amides is 1. The summed E-state index contributed by atoms with van der Waals surface area (Å²) in [6, 6.07) is 5.43. The summed E-state index contributed by atoms with van der Waals surface area (Å²) in [6.07, 6.45) is 1.14. The van der Waals surface area contributed by atoms with E-state index in [9.17, 15) is 13.2 Å². The van der Waals surface area contributed by atoms with Gasteiger partial charge in [0.05, 0.1) is 10.6 Å². The smallest absolute Gasteiger partial charge is 0.332 e. The molecule has 92 valence electrons. The van der Waals surface area contributed by atoms with Gasteiger partial charge in [0.15, 0.2) is 9.84 Å². The van der Waals surface area contributed by atoms with Crippen LogP contribution in [0.2, 0.25) is 0 Å². The van der Waals surface area contributed by atoms with Gasteiger partial charge < -0.3 is 5.73 Å². The fourth-order valence-corrected chi connectivity index (χ4v) is 1.78. The summed E-state index contributed by atoms with van der Waals surface area (Å²) in [5, 5.41) is 3.73. The van der Waals surface area contributed by atoms with Gasteiger partial charge >= 0.3 is 6.03 Å². The summed E-state index contributed by atoms with van der Waals surface area (Å²) in [5.74, 6) is 0. The summed E-state index contributed by atoms with van der Waals surface area (Å²) in [7, 11) is -3.20. The van der Waals surface area contributed by atoms with E-state index in [4.69, 9.17) is 5.73 Å². The second-order valence-electron chi connectivity index (χ2n) is 3.47. The summed E-state index contributed by atoms with van der Waals surface area (Å²) >= 11 is 0. The fraction of sp³-hybridized carbons (Fsp3) is 0.200. The molecule has 1 rings (SSSR count). The third-order valence-electron chi connectivity index (χ3n) is 2.03. The number of urea groups is 1. The number of amides is 2. The fourth-order valence-electron chi connectivity index (χ4n) is 1.15. The first kappa shape index (κ1) is 13.2. The molecule has 0 bridgehead atoms. The highest BCUT2D eigenvalue weighted by Gasteiger charge is 2.06. The van der Waals surface area contributed by atoms with Gasteiger partial charge in [-0.1, -0.05) is 12.1 Å². The van der Waals surface area contributed by atoms with Gasteiger partial charge in [-0.2, -0.15) is 5.10 Å². The minimum Gasteiger partial charge on any atom is -0.350 e. The average molecular weight is 255 g/mol. The third kappa shape index (κ3) is 3.87. The second-order valence-corrected chi connectivity index (χ2v) is 5.49. The zero-order chi connectivity index (χ0) is 13.1. The van der Waals surface area contributed by atoms with Crippen LogP contribution in [-0.2, 0) is 9.84 Å². The highest BCUT2D eigenvalue weighted by atomic mass is 32.2. The molecule has 7 heteroatoms. The molecule has 3 N–H and O–H groups in total. The van der Waals surface area contributed by atoms with Crippen molar-refractivity contribution in [1.29, 1.82) is 0 Å². The molecule has 0 atom stereocenters. The number of hydrogen-bond donors (Lipinski definition) is 2. The molecular weight excluding hydrogens is 242 g/mol. The molecule has 0 radical (unpaired) electrons. The molecule has 0 aromatic heterocycles. The van der Waals surface area contributed by atoms with Crippen LogP contribution < -0.4 is 11.2 Å². The first-order valence-corrected chi connectivity index (χ1v) is 6.60. The van der Waals surface area contributed by atoms with Crippen LogP contribution in [0.15, 0.2) is 34.3 Å². The van der Waals surface area contributed by atoms with Gasteiger partial charge in [0, 0.05) is 6.26 Å². The molecule has 1 aromatic carbocycles. The van der Waals surface area contributed by atoms with Crippen molar-refractivity contribution in [1.82, 2.24) is 5.43 Å². The average Bonchev–Trinajstić information content (AvgIpc) is 2.25. The van der Waals surface area contributed by atoms with Crippen LogP contribution in [0.3, 0.4) is 0 Å². The number of nitrogens with zero attached hydrogens (tertiary/aromatic N) is 1. The Balaban J connectivity index is 2.95. The van der Waals surface area contributed by atoms with Crippen LogP contribution in [0.4, 0.5) is 4.79 Å². The second kappa shape index (κ2) is 4.96. The van der Waals surface area contributed by atoms with Crippen molar-refractivity contribution in [3.8, 4) is 0 Å². The summed E-state index contributed by atoms with van der Waals surface area (Å²) in [5.41, 5.74) is 8.19. The normalized spacial score (nSPS) is 12.2. The standard InChI is InChI=1S/C10H13N3O3S/c1-7(12-13-10(11)14)8-3-5-9(6-4-8)17(2,15)16/h3-6H,1-2H3,(H3,11,13,14). The Kier molecular flexibility index (Phi) is 3.84. The van der Waals surface area contributed by atoms with Gasteiger partial charge in [-0.15, -0.1) is 0 Å². The van der Waals surface area contributed by atoms with Crippen molar-refractivity contribution in [2.24, 2.45) is 10.8 Å². The number of rotatable bonds is 3. The molecule has 1 aromatic rings. The SMILES string of the molecule is CC(=NNC(N)=O)c1ccc(S(C)(=O)=O)cc1. The van der Waals surface area contributed by atoms with E-state index in [1.807, 2.05) is 0 Å². The van der Waals surface area contributed by atoms with Crippen LogP contribution in [0, 0.1) is 0 Å². The highest BCUT2D eigenvalue weighted by Crippen LogP contribution is 2.10. The van der Waals surface area contributed by atoms with Crippen LogP contribution in [0.1, 0.15) is 12.5 Å². The maximum absolute atomic E-state index is 11.2.